The van der Waals surface area contributed by atoms with E-state index in [1.54, 1.807) is 36.4 Å². The van der Waals surface area contributed by atoms with E-state index >= 15 is 0 Å². The quantitative estimate of drug-likeness (QED) is 0.744. The largest absolute Gasteiger partial charge is 0.480 e. The molecule has 0 aliphatic rings. The van der Waals surface area contributed by atoms with Gasteiger partial charge in [-0.2, -0.15) is 5.26 Å². The van der Waals surface area contributed by atoms with Crippen LogP contribution in [0, 0.1) is 11.3 Å². The smallest absolute Gasteiger partial charge is 0.326 e. The van der Waals surface area contributed by atoms with E-state index in [0.29, 0.717) is 11.1 Å². The van der Waals surface area contributed by atoms with Crippen LogP contribution in [0.3, 0.4) is 0 Å². The topological polar surface area (TPSA) is 90.2 Å². The first kappa shape index (κ1) is 17.2. The summed E-state index contributed by atoms with van der Waals surface area (Å²) in [4.78, 5) is 24.2. The second-order valence-electron chi connectivity index (χ2n) is 5.90. The van der Waals surface area contributed by atoms with Gasteiger partial charge in [0.2, 0.25) is 0 Å². The lowest BCUT2D eigenvalue weighted by atomic mass is 10.0. The minimum absolute atomic E-state index is 0.136. The summed E-state index contributed by atoms with van der Waals surface area (Å²) in [5.41, 5.74) is 1.67. The van der Waals surface area contributed by atoms with Crippen LogP contribution in [0.5, 0.6) is 0 Å². The lowest BCUT2D eigenvalue weighted by Crippen LogP contribution is -2.42. The van der Waals surface area contributed by atoms with Gasteiger partial charge in [-0.3, -0.25) is 4.79 Å². The molecule has 1 atom stereocenters. The zero-order chi connectivity index (χ0) is 18.5. The molecular formula is C21H16N2O3. The molecule has 0 fully saturated rings. The minimum Gasteiger partial charge on any atom is -0.480 e. The maximum atomic E-state index is 12.6. The van der Waals surface area contributed by atoms with Crippen LogP contribution in [0.2, 0.25) is 0 Å². The average Bonchev–Trinajstić information content (AvgIpc) is 2.67. The number of carbonyl (C=O) groups is 2. The Morgan fingerprint density at radius 1 is 1.00 bits per heavy atom. The standard InChI is InChI=1S/C21H16N2O3/c22-13-15-10-8-14(9-11-15)12-19(21(25)26)23-20(24)18-7-3-5-16-4-1-2-6-17(16)18/h1-11,19H,12H2,(H,23,24)(H,25,26)/t19-/m1/s1. The summed E-state index contributed by atoms with van der Waals surface area (Å²) >= 11 is 0. The number of nitriles is 1. The molecule has 0 aliphatic heterocycles. The van der Waals surface area contributed by atoms with Crippen LogP contribution in [0.4, 0.5) is 0 Å². The number of nitrogens with one attached hydrogen (secondary N) is 1. The molecule has 2 N–H and O–H groups in total. The highest BCUT2D eigenvalue weighted by molar-refractivity contribution is 6.07. The summed E-state index contributed by atoms with van der Waals surface area (Å²) in [6, 6.07) is 20.4. The number of carboxylic acids is 1. The molecule has 0 unspecified atom stereocenters. The number of fused-ring (bicyclic) bond motifs is 1. The van der Waals surface area contributed by atoms with E-state index in [1.165, 1.54) is 0 Å². The molecular weight excluding hydrogens is 328 g/mol. The van der Waals surface area contributed by atoms with Gasteiger partial charge < -0.3 is 10.4 Å². The number of amides is 1. The predicted molar refractivity (Wildman–Crippen MR) is 97.7 cm³/mol. The first-order valence-corrected chi connectivity index (χ1v) is 8.09. The van der Waals surface area contributed by atoms with Gasteiger partial charge in [-0.1, -0.05) is 48.5 Å². The molecule has 0 radical (unpaired) electrons. The van der Waals surface area contributed by atoms with Crippen molar-refractivity contribution in [2.24, 2.45) is 0 Å². The van der Waals surface area contributed by atoms with Crippen molar-refractivity contribution in [1.82, 2.24) is 5.32 Å². The minimum atomic E-state index is -1.11. The van der Waals surface area contributed by atoms with Crippen LogP contribution in [0.25, 0.3) is 10.8 Å². The molecule has 0 bridgehead atoms. The van der Waals surface area contributed by atoms with E-state index in [1.807, 2.05) is 36.4 Å². The molecule has 3 aromatic rings. The molecule has 128 valence electrons. The SMILES string of the molecule is N#Cc1ccc(C[C@@H](NC(=O)c2cccc3ccccc23)C(=O)O)cc1. The fraction of sp³-hybridized carbons (Fsp3) is 0.0952. The summed E-state index contributed by atoms with van der Waals surface area (Å²) in [5.74, 6) is -1.54. The fourth-order valence-electron chi connectivity index (χ4n) is 2.81. The van der Waals surface area contributed by atoms with Crippen molar-refractivity contribution in [3.05, 3.63) is 83.4 Å². The molecule has 5 heteroatoms. The number of carbonyl (C=O) groups excluding carboxylic acids is 1. The third-order valence-electron chi connectivity index (χ3n) is 4.16. The Morgan fingerprint density at radius 3 is 2.38 bits per heavy atom. The third-order valence-corrected chi connectivity index (χ3v) is 4.16. The van der Waals surface area contributed by atoms with E-state index in [0.717, 1.165) is 16.3 Å². The van der Waals surface area contributed by atoms with E-state index < -0.39 is 17.9 Å². The Hall–Kier alpha value is -3.65. The number of hydrogen-bond acceptors (Lipinski definition) is 3. The molecule has 0 aliphatic carbocycles. The normalized spacial score (nSPS) is 11.5. The van der Waals surface area contributed by atoms with E-state index in [9.17, 15) is 14.7 Å². The van der Waals surface area contributed by atoms with E-state index in [-0.39, 0.29) is 6.42 Å². The molecule has 3 aromatic carbocycles. The van der Waals surface area contributed by atoms with Gasteiger partial charge in [-0.05, 0) is 34.5 Å². The van der Waals surface area contributed by atoms with Crippen molar-refractivity contribution in [3.8, 4) is 6.07 Å². The van der Waals surface area contributed by atoms with Crippen LogP contribution >= 0.6 is 0 Å². The number of rotatable bonds is 5. The molecule has 1 amide bonds. The van der Waals surface area contributed by atoms with Crippen LogP contribution in [-0.2, 0) is 11.2 Å². The van der Waals surface area contributed by atoms with Crippen molar-refractivity contribution in [2.45, 2.75) is 12.5 Å². The first-order valence-electron chi connectivity index (χ1n) is 8.09. The van der Waals surface area contributed by atoms with Gasteiger partial charge in [0, 0.05) is 12.0 Å². The summed E-state index contributed by atoms with van der Waals surface area (Å²) in [6.07, 6.45) is 0.136. The van der Waals surface area contributed by atoms with Crippen molar-refractivity contribution < 1.29 is 14.7 Å². The highest BCUT2D eigenvalue weighted by atomic mass is 16.4. The summed E-state index contributed by atoms with van der Waals surface area (Å²) in [7, 11) is 0. The molecule has 0 heterocycles. The Labute approximate surface area is 150 Å². The third kappa shape index (κ3) is 3.70. The Bertz CT molecular complexity index is 998. The monoisotopic (exact) mass is 344 g/mol. The van der Waals surface area contributed by atoms with Gasteiger partial charge >= 0.3 is 5.97 Å². The van der Waals surface area contributed by atoms with Crippen LogP contribution in [-0.4, -0.2) is 23.0 Å². The molecule has 26 heavy (non-hydrogen) atoms. The maximum Gasteiger partial charge on any atom is 0.326 e. The van der Waals surface area contributed by atoms with Gasteiger partial charge in [-0.25, -0.2) is 4.79 Å². The van der Waals surface area contributed by atoms with Gasteiger partial charge in [0.25, 0.3) is 5.91 Å². The van der Waals surface area contributed by atoms with Crippen LogP contribution < -0.4 is 5.32 Å². The second kappa shape index (κ2) is 7.49. The average molecular weight is 344 g/mol. The van der Waals surface area contributed by atoms with E-state index in [4.69, 9.17) is 5.26 Å². The Morgan fingerprint density at radius 2 is 1.69 bits per heavy atom. The number of benzene rings is 3. The molecule has 0 aromatic heterocycles. The number of aliphatic carboxylic acids is 1. The van der Waals surface area contributed by atoms with Crippen molar-refractivity contribution in [1.29, 1.82) is 5.26 Å². The zero-order valence-electron chi connectivity index (χ0n) is 13.8. The van der Waals surface area contributed by atoms with Gasteiger partial charge in [0.15, 0.2) is 0 Å². The molecule has 0 saturated heterocycles. The highest BCUT2D eigenvalue weighted by Gasteiger charge is 2.22. The summed E-state index contributed by atoms with van der Waals surface area (Å²) < 4.78 is 0. The molecule has 0 spiro atoms. The van der Waals surface area contributed by atoms with Gasteiger partial charge in [0.05, 0.1) is 11.6 Å². The van der Waals surface area contributed by atoms with Gasteiger partial charge in [-0.15, -0.1) is 0 Å². The lowest BCUT2D eigenvalue weighted by molar-refractivity contribution is -0.139. The van der Waals surface area contributed by atoms with Crippen LogP contribution in [0.15, 0.2) is 66.7 Å². The molecule has 5 nitrogen and oxygen atoms in total. The Balaban J connectivity index is 1.82. The zero-order valence-corrected chi connectivity index (χ0v) is 13.8. The first-order chi connectivity index (χ1) is 12.6. The molecule has 0 saturated carbocycles. The summed E-state index contributed by atoms with van der Waals surface area (Å²) in [5, 5.41) is 22.6. The second-order valence-corrected chi connectivity index (χ2v) is 5.90. The van der Waals surface area contributed by atoms with Crippen molar-refractivity contribution in [3.63, 3.8) is 0 Å². The maximum absolute atomic E-state index is 12.6. The molecule has 3 rings (SSSR count). The number of nitrogens with zero attached hydrogens (tertiary/aromatic N) is 1. The number of carboxylic acid groups (broad SMARTS) is 1. The highest BCUT2D eigenvalue weighted by Crippen LogP contribution is 2.18. The summed E-state index contributed by atoms with van der Waals surface area (Å²) in [6.45, 7) is 0. The van der Waals surface area contributed by atoms with Crippen LogP contribution in [0.1, 0.15) is 21.5 Å². The van der Waals surface area contributed by atoms with E-state index in [2.05, 4.69) is 5.32 Å². The Kier molecular flexibility index (Phi) is 4.95. The van der Waals surface area contributed by atoms with Crippen molar-refractivity contribution >= 4 is 22.6 Å². The predicted octanol–water partition coefficient (Wildman–Crippen LogP) is 3.14. The lowest BCUT2D eigenvalue weighted by Gasteiger charge is -2.15. The fourth-order valence-corrected chi connectivity index (χ4v) is 2.81. The number of hydrogen-bond donors (Lipinski definition) is 2. The van der Waals surface area contributed by atoms with Crippen molar-refractivity contribution in [2.75, 3.05) is 0 Å². The van der Waals surface area contributed by atoms with Gasteiger partial charge in [0.1, 0.15) is 6.04 Å².